The van der Waals surface area contributed by atoms with Gasteiger partial charge in [-0.05, 0) is 50.2 Å². The molecule has 1 amide bonds. The Labute approximate surface area is 143 Å². The van der Waals surface area contributed by atoms with Crippen molar-refractivity contribution in [2.45, 2.75) is 44.6 Å². The first kappa shape index (κ1) is 15.9. The molecule has 3 fully saturated rings. The Kier molecular flexibility index (Phi) is 3.99. The molecule has 0 aromatic carbocycles. The van der Waals surface area contributed by atoms with Crippen molar-refractivity contribution in [3.05, 3.63) is 23.9 Å². The molecule has 0 unspecified atom stereocenters. The summed E-state index contributed by atoms with van der Waals surface area (Å²) in [4.78, 5) is 21.3. The summed E-state index contributed by atoms with van der Waals surface area (Å²) in [5.41, 5.74) is 0.130. The lowest BCUT2D eigenvalue weighted by atomic mass is 9.88. The van der Waals surface area contributed by atoms with E-state index < -0.39 is 5.60 Å². The Hall–Kier alpha value is -1.62. The van der Waals surface area contributed by atoms with Gasteiger partial charge in [-0.25, -0.2) is 4.98 Å². The van der Waals surface area contributed by atoms with E-state index in [1.807, 2.05) is 17.0 Å². The summed E-state index contributed by atoms with van der Waals surface area (Å²) < 4.78 is 0. The van der Waals surface area contributed by atoms with Crippen LogP contribution in [0, 0.1) is 11.8 Å². The van der Waals surface area contributed by atoms with Gasteiger partial charge < -0.3 is 14.9 Å². The van der Waals surface area contributed by atoms with Crippen molar-refractivity contribution in [1.29, 1.82) is 0 Å². The number of piperidine rings is 1. The van der Waals surface area contributed by atoms with Gasteiger partial charge in [0.05, 0.1) is 5.60 Å². The zero-order valence-electron chi connectivity index (χ0n) is 14.4. The third kappa shape index (κ3) is 2.79. The first-order valence-corrected chi connectivity index (χ1v) is 9.30. The second kappa shape index (κ2) is 6.03. The highest BCUT2D eigenvalue weighted by Crippen LogP contribution is 2.47. The second-order valence-corrected chi connectivity index (χ2v) is 7.80. The zero-order chi connectivity index (χ0) is 16.7. The molecule has 1 aromatic heterocycles. The van der Waals surface area contributed by atoms with Gasteiger partial charge in [0.15, 0.2) is 0 Å². The maximum Gasteiger partial charge on any atom is 0.254 e. The predicted molar refractivity (Wildman–Crippen MR) is 93.0 cm³/mol. The minimum Gasteiger partial charge on any atom is -0.387 e. The number of aliphatic hydroxyl groups is 1. The van der Waals surface area contributed by atoms with Gasteiger partial charge in [-0.2, -0.15) is 0 Å². The van der Waals surface area contributed by atoms with E-state index in [-0.39, 0.29) is 11.8 Å². The standard InChI is InChI=1S/C19H27N3O2/c1-14-12-22(13-19(14,24)16-5-6-16)17-11-15(7-8-20-17)18(23)21-9-3-2-4-10-21/h7-8,11,14,16,24H,2-6,9-10,12-13H2,1H3/t14-,19+/m1/s1. The fourth-order valence-corrected chi connectivity index (χ4v) is 4.31. The average Bonchev–Trinajstić information content (AvgIpc) is 3.42. The number of amides is 1. The van der Waals surface area contributed by atoms with E-state index in [1.165, 1.54) is 6.42 Å². The summed E-state index contributed by atoms with van der Waals surface area (Å²) in [5.74, 6) is 1.62. The quantitative estimate of drug-likeness (QED) is 0.924. The maximum atomic E-state index is 12.7. The van der Waals surface area contributed by atoms with Crippen LogP contribution in [-0.2, 0) is 0 Å². The lowest BCUT2D eigenvalue weighted by molar-refractivity contribution is 0.00281. The number of anilines is 1. The lowest BCUT2D eigenvalue weighted by Gasteiger charge is -2.27. The highest BCUT2D eigenvalue weighted by atomic mass is 16.3. The number of pyridine rings is 1. The Morgan fingerprint density at radius 2 is 2.04 bits per heavy atom. The maximum absolute atomic E-state index is 12.7. The van der Waals surface area contributed by atoms with E-state index in [0.717, 1.165) is 56.7 Å². The number of β-amino-alcohol motifs (C(OH)–C–C–N with tert-alkyl or cyclic N) is 1. The minimum absolute atomic E-state index is 0.114. The monoisotopic (exact) mass is 329 g/mol. The van der Waals surface area contributed by atoms with Gasteiger partial charge in [-0.3, -0.25) is 4.79 Å². The third-order valence-electron chi connectivity index (χ3n) is 6.04. The molecular weight excluding hydrogens is 302 g/mol. The molecule has 4 rings (SSSR count). The summed E-state index contributed by atoms with van der Waals surface area (Å²) in [5, 5.41) is 11.0. The van der Waals surface area contributed by atoms with Gasteiger partial charge in [0.1, 0.15) is 5.82 Å². The molecule has 5 heteroatoms. The highest BCUT2D eigenvalue weighted by molar-refractivity contribution is 5.94. The van der Waals surface area contributed by atoms with E-state index in [4.69, 9.17) is 0 Å². The van der Waals surface area contributed by atoms with Crippen molar-refractivity contribution < 1.29 is 9.90 Å². The molecule has 1 aromatic rings. The van der Waals surface area contributed by atoms with Crippen molar-refractivity contribution in [1.82, 2.24) is 9.88 Å². The minimum atomic E-state index is -0.589. The number of hydrogen-bond donors (Lipinski definition) is 1. The van der Waals surface area contributed by atoms with Crippen molar-refractivity contribution in [2.24, 2.45) is 11.8 Å². The zero-order valence-corrected chi connectivity index (χ0v) is 14.4. The number of aromatic nitrogens is 1. The topological polar surface area (TPSA) is 56.7 Å². The van der Waals surface area contributed by atoms with E-state index in [1.54, 1.807) is 6.20 Å². The molecular formula is C19H27N3O2. The average molecular weight is 329 g/mol. The van der Waals surface area contributed by atoms with Gasteiger partial charge in [-0.1, -0.05) is 6.92 Å². The number of nitrogens with zero attached hydrogens (tertiary/aromatic N) is 3. The normalized spacial score (nSPS) is 30.7. The summed E-state index contributed by atoms with van der Waals surface area (Å²) in [6.07, 6.45) is 7.41. The molecule has 1 N–H and O–H groups in total. The fraction of sp³-hybridized carbons (Fsp3) is 0.684. The van der Waals surface area contributed by atoms with Crippen LogP contribution in [0.25, 0.3) is 0 Å². The molecule has 2 saturated heterocycles. The molecule has 1 aliphatic carbocycles. The Balaban J connectivity index is 1.51. The molecule has 0 radical (unpaired) electrons. The van der Waals surface area contributed by atoms with Gasteiger partial charge in [-0.15, -0.1) is 0 Å². The van der Waals surface area contributed by atoms with Crippen molar-refractivity contribution in [2.75, 3.05) is 31.1 Å². The third-order valence-corrected chi connectivity index (χ3v) is 6.04. The van der Waals surface area contributed by atoms with Crippen LogP contribution in [0.5, 0.6) is 0 Å². The first-order valence-electron chi connectivity index (χ1n) is 9.30. The molecule has 2 atom stereocenters. The van der Waals surface area contributed by atoms with Crippen LogP contribution >= 0.6 is 0 Å². The summed E-state index contributed by atoms with van der Waals surface area (Å²) in [6.45, 7) is 5.28. The number of likely N-dealkylation sites (tertiary alicyclic amines) is 1. The molecule has 2 aliphatic heterocycles. The van der Waals surface area contributed by atoms with Gasteiger partial charge in [0.25, 0.3) is 5.91 Å². The molecule has 1 saturated carbocycles. The van der Waals surface area contributed by atoms with Crippen LogP contribution in [0.2, 0.25) is 0 Å². The van der Waals surface area contributed by atoms with Crippen molar-refractivity contribution in [3.63, 3.8) is 0 Å². The molecule has 24 heavy (non-hydrogen) atoms. The van der Waals surface area contributed by atoms with Crippen LogP contribution in [-0.4, -0.2) is 52.7 Å². The Morgan fingerprint density at radius 1 is 1.29 bits per heavy atom. The number of carbonyl (C=O) groups excluding carboxylic acids is 1. The van der Waals surface area contributed by atoms with Crippen LogP contribution in [0.4, 0.5) is 5.82 Å². The Bertz CT molecular complexity index is 625. The first-order chi connectivity index (χ1) is 11.6. The van der Waals surface area contributed by atoms with E-state index in [2.05, 4.69) is 16.8 Å². The van der Waals surface area contributed by atoms with E-state index in [9.17, 15) is 9.90 Å². The summed E-state index contributed by atoms with van der Waals surface area (Å²) >= 11 is 0. The van der Waals surface area contributed by atoms with Gasteiger partial charge >= 0.3 is 0 Å². The second-order valence-electron chi connectivity index (χ2n) is 7.80. The molecule has 3 heterocycles. The van der Waals surface area contributed by atoms with Crippen LogP contribution in [0.3, 0.4) is 0 Å². The highest BCUT2D eigenvalue weighted by Gasteiger charge is 2.52. The Morgan fingerprint density at radius 3 is 2.75 bits per heavy atom. The largest absolute Gasteiger partial charge is 0.387 e. The molecule has 5 nitrogen and oxygen atoms in total. The van der Waals surface area contributed by atoms with Crippen LogP contribution in [0.1, 0.15) is 49.4 Å². The smallest absolute Gasteiger partial charge is 0.254 e. The van der Waals surface area contributed by atoms with E-state index in [0.29, 0.717) is 12.5 Å². The van der Waals surface area contributed by atoms with Crippen LogP contribution < -0.4 is 4.90 Å². The molecule has 0 spiro atoms. The van der Waals surface area contributed by atoms with E-state index >= 15 is 0 Å². The lowest BCUT2D eigenvalue weighted by Crippen LogP contribution is -2.39. The van der Waals surface area contributed by atoms with Crippen molar-refractivity contribution in [3.8, 4) is 0 Å². The predicted octanol–water partition coefficient (Wildman–Crippen LogP) is 2.30. The SMILES string of the molecule is C[C@@H]1CN(c2cc(C(=O)N3CCCCC3)ccn2)C[C@@]1(O)C1CC1. The number of carbonyl (C=O) groups is 1. The van der Waals surface area contributed by atoms with Gasteiger partial charge in [0.2, 0.25) is 0 Å². The molecule has 3 aliphatic rings. The van der Waals surface area contributed by atoms with Gasteiger partial charge in [0, 0.05) is 43.9 Å². The molecule has 130 valence electrons. The number of hydrogen-bond acceptors (Lipinski definition) is 4. The molecule has 0 bridgehead atoms. The summed E-state index contributed by atoms with van der Waals surface area (Å²) in [6, 6.07) is 3.72. The summed E-state index contributed by atoms with van der Waals surface area (Å²) in [7, 11) is 0. The van der Waals surface area contributed by atoms with Crippen LogP contribution in [0.15, 0.2) is 18.3 Å². The number of rotatable bonds is 3. The van der Waals surface area contributed by atoms with Crippen molar-refractivity contribution >= 4 is 11.7 Å². The fourth-order valence-electron chi connectivity index (χ4n) is 4.31.